The van der Waals surface area contributed by atoms with E-state index in [0.29, 0.717) is 23.6 Å². The van der Waals surface area contributed by atoms with Gasteiger partial charge in [-0.15, -0.1) is 0 Å². The minimum atomic E-state index is -0.837. The lowest BCUT2D eigenvalue weighted by molar-refractivity contribution is -0.123. The average molecular weight is 334 g/mol. The number of aliphatic hydroxyl groups is 2. The van der Waals surface area contributed by atoms with Crippen molar-refractivity contribution >= 4 is 17.5 Å². The number of aliphatic hydroxyl groups excluding tert-OH is 2. The van der Waals surface area contributed by atoms with Gasteiger partial charge < -0.3 is 15.5 Å². The molecule has 0 saturated heterocycles. The Morgan fingerprint density at radius 2 is 1.65 bits per heavy atom. The van der Waals surface area contributed by atoms with E-state index in [2.05, 4.69) is 5.32 Å². The molecular weight excluding hydrogens is 314 g/mol. The fraction of sp³-hybridized carbons (Fsp3) is 0.278. The Morgan fingerprint density at radius 1 is 1.04 bits per heavy atom. The first-order chi connectivity index (χ1) is 11.1. The normalized spacial score (nSPS) is 12.0. The first-order valence-corrected chi connectivity index (χ1v) is 7.85. The summed E-state index contributed by atoms with van der Waals surface area (Å²) in [6.45, 7) is 0.532. The highest BCUT2D eigenvalue weighted by molar-refractivity contribution is 6.30. The maximum absolute atomic E-state index is 11.9. The molecule has 0 aliphatic rings. The Hall–Kier alpha value is -1.88. The first-order valence-electron chi connectivity index (χ1n) is 7.47. The molecule has 0 bridgehead atoms. The van der Waals surface area contributed by atoms with Gasteiger partial charge in [-0.25, -0.2) is 0 Å². The van der Waals surface area contributed by atoms with Gasteiger partial charge in [0, 0.05) is 11.6 Å². The van der Waals surface area contributed by atoms with E-state index in [-0.39, 0.29) is 18.9 Å². The molecule has 5 heteroatoms. The molecule has 4 nitrogen and oxygen atoms in total. The number of nitrogens with one attached hydrogen (secondary N) is 1. The Balaban J connectivity index is 1.74. The second kappa shape index (κ2) is 8.67. The van der Waals surface area contributed by atoms with Gasteiger partial charge in [0.05, 0.1) is 19.1 Å². The molecule has 1 amide bonds. The minimum Gasteiger partial charge on any atom is -0.392 e. The van der Waals surface area contributed by atoms with Crippen molar-refractivity contribution in [1.29, 1.82) is 0 Å². The van der Waals surface area contributed by atoms with Crippen LogP contribution in [0.5, 0.6) is 0 Å². The standard InChI is InChI=1S/C18H20ClNO3/c19-16-7-5-15(6-8-16)17(22)11-18(23)20-10-9-13-1-3-14(12-21)4-2-13/h1-8,17,21-22H,9-12H2,(H,20,23). The maximum Gasteiger partial charge on any atom is 0.222 e. The molecular formula is C18H20ClNO3. The molecule has 1 atom stereocenters. The van der Waals surface area contributed by atoms with E-state index >= 15 is 0 Å². The van der Waals surface area contributed by atoms with Gasteiger partial charge >= 0.3 is 0 Å². The highest BCUT2D eigenvalue weighted by atomic mass is 35.5. The van der Waals surface area contributed by atoms with Gasteiger partial charge in [-0.2, -0.15) is 0 Å². The number of amides is 1. The van der Waals surface area contributed by atoms with Crippen LogP contribution in [-0.4, -0.2) is 22.7 Å². The van der Waals surface area contributed by atoms with Crippen LogP contribution in [0.15, 0.2) is 48.5 Å². The highest BCUT2D eigenvalue weighted by Gasteiger charge is 2.12. The van der Waals surface area contributed by atoms with E-state index in [1.165, 1.54) is 0 Å². The number of hydrogen-bond donors (Lipinski definition) is 3. The van der Waals surface area contributed by atoms with Gasteiger partial charge in [-0.1, -0.05) is 48.0 Å². The molecule has 0 spiro atoms. The SMILES string of the molecule is O=C(CC(O)c1ccc(Cl)cc1)NCCc1ccc(CO)cc1. The zero-order valence-electron chi connectivity index (χ0n) is 12.7. The summed E-state index contributed by atoms with van der Waals surface area (Å²) in [7, 11) is 0. The molecule has 122 valence electrons. The lowest BCUT2D eigenvalue weighted by Crippen LogP contribution is -2.27. The minimum absolute atomic E-state index is 0.0189. The Bertz CT molecular complexity index is 626. The molecule has 23 heavy (non-hydrogen) atoms. The molecule has 0 radical (unpaired) electrons. The molecule has 3 N–H and O–H groups in total. The van der Waals surface area contributed by atoms with Crippen molar-refractivity contribution < 1.29 is 15.0 Å². The molecule has 0 heterocycles. The van der Waals surface area contributed by atoms with Crippen LogP contribution in [0.1, 0.15) is 29.2 Å². The monoisotopic (exact) mass is 333 g/mol. The van der Waals surface area contributed by atoms with Crippen LogP contribution in [0, 0.1) is 0 Å². The van der Waals surface area contributed by atoms with E-state index in [1.807, 2.05) is 24.3 Å². The highest BCUT2D eigenvalue weighted by Crippen LogP contribution is 2.18. The summed E-state index contributed by atoms with van der Waals surface area (Å²) >= 11 is 5.79. The summed E-state index contributed by atoms with van der Waals surface area (Å²) in [6.07, 6.45) is -0.115. The van der Waals surface area contributed by atoms with E-state index in [9.17, 15) is 9.90 Å². The van der Waals surface area contributed by atoms with Gasteiger partial charge in [-0.3, -0.25) is 4.79 Å². The van der Waals surface area contributed by atoms with Crippen molar-refractivity contribution in [2.75, 3.05) is 6.54 Å². The van der Waals surface area contributed by atoms with Crippen molar-refractivity contribution in [3.63, 3.8) is 0 Å². The zero-order chi connectivity index (χ0) is 16.7. The molecule has 0 saturated carbocycles. The molecule has 2 rings (SSSR count). The maximum atomic E-state index is 11.9. The van der Waals surface area contributed by atoms with Crippen LogP contribution in [-0.2, 0) is 17.8 Å². The van der Waals surface area contributed by atoms with Gasteiger partial charge in [0.1, 0.15) is 0 Å². The van der Waals surface area contributed by atoms with Crippen molar-refractivity contribution in [2.45, 2.75) is 25.6 Å². The third-order valence-corrected chi connectivity index (χ3v) is 3.83. The largest absolute Gasteiger partial charge is 0.392 e. The molecule has 2 aromatic rings. The van der Waals surface area contributed by atoms with Crippen LogP contribution >= 0.6 is 11.6 Å². The summed E-state index contributed by atoms with van der Waals surface area (Å²) in [5, 5.41) is 22.4. The van der Waals surface area contributed by atoms with E-state index in [4.69, 9.17) is 16.7 Å². The number of carbonyl (C=O) groups excluding carboxylic acids is 1. The van der Waals surface area contributed by atoms with Gasteiger partial charge in [0.2, 0.25) is 5.91 Å². The predicted octanol–water partition coefficient (Wildman–Crippen LogP) is 2.61. The van der Waals surface area contributed by atoms with E-state index < -0.39 is 6.10 Å². The second-order valence-electron chi connectivity index (χ2n) is 5.35. The topological polar surface area (TPSA) is 69.6 Å². The lowest BCUT2D eigenvalue weighted by Gasteiger charge is -2.11. The quantitative estimate of drug-likeness (QED) is 0.729. The predicted molar refractivity (Wildman–Crippen MR) is 90.1 cm³/mol. The molecule has 0 aromatic heterocycles. The fourth-order valence-corrected chi connectivity index (χ4v) is 2.33. The van der Waals surface area contributed by atoms with Crippen LogP contribution < -0.4 is 5.32 Å². The number of hydrogen-bond acceptors (Lipinski definition) is 3. The van der Waals surface area contributed by atoms with Gasteiger partial charge in [-0.05, 0) is 35.2 Å². The Labute approximate surface area is 140 Å². The lowest BCUT2D eigenvalue weighted by atomic mass is 10.1. The third-order valence-electron chi connectivity index (χ3n) is 3.57. The molecule has 0 aliphatic carbocycles. The summed E-state index contributed by atoms with van der Waals surface area (Å²) in [6, 6.07) is 14.4. The van der Waals surface area contributed by atoms with Gasteiger partial charge in [0.25, 0.3) is 0 Å². The molecule has 2 aromatic carbocycles. The Morgan fingerprint density at radius 3 is 2.26 bits per heavy atom. The van der Waals surface area contributed by atoms with Gasteiger partial charge in [0.15, 0.2) is 0 Å². The zero-order valence-corrected chi connectivity index (χ0v) is 13.5. The van der Waals surface area contributed by atoms with E-state index in [0.717, 1.165) is 11.1 Å². The molecule has 0 aliphatic heterocycles. The van der Waals surface area contributed by atoms with Crippen molar-refractivity contribution in [3.8, 4) is 0 Å². The molecule has 0 fully saturated rings. The summed E-state index contributed by atoms with van der Waals surface area (Å²) < 4.78 is 0. The number of carbonyl (C=O) groups is 1. The third kappa shape index (κ3) is 5.67. The van der Waals surface area contributed by atoms with Crippen molar-refractivity contribution in [3.05, 3.63) is 70.2 Å². The smallest absolute Gasteiger partial charge is 0.222 e. The van der Waals surface area contributed by atoms with Crippen molar-refractivity contribution in [2.24, 2.45) is 0 Å². The average Bonchev–Trinajstić information content (AvgIpc) is 2.56. The van der Waals surface area contributed by atoms with Crippen molar-refractivity contribution in [1.82, 2.24) is 5.32 Å². The summed E-state index contributed by atoms with van der Waals surface area (Å²) in [4.78, 5) is 11.9. The van der Waals surface area contributed by atoms with Crippen LogP contribution in [0.4, 0.5) is 0 Å². The number of rotatable bonds is 7. The number of halogens is 1. The van der Waals surface area contributed by atoms with Crippen LogP contribution in [0.2, 0.25) is 5.02 Å². The van der Waals surface area contributed by atoms with Crippen LogP contribution in [0.25, 0.3) is 0 Å². The molecule has 1 unspecified atom stereocenters. The summed E-state index contributed by atoms with van der Waals surface area (Å²) in [5.41, 5.74) is 2.62. The Kier molecular flexibility index (Phi) is 6.59. The van der Waals surface area contributed by atoms with E-state index in [1.54, 1.807) is 24.3 Å². The van der Waals surface area contributed by atoms with Crippen LogP contribution in [0.3, 0.4) is 0 Å². The summed E-state index contributed by atoms with van der Waals surface area (Å²) in [5.74, 6) is -0.195. The first kappa shape index (κ1) is 17.5. The second-order valence-corrected chi connectivity index (χ2v) is 5.78. The fourth-order valence-electron chi connectivity index (χ4n) is 2.21. The number of benzene rings is 2.